The molecule has 0 saturated heterocycles. The van der Waals surface area contributed by atoms with Gasteiger partial charge in [0.2, 0.25) is 0 Å². The van der Waals surface area contributed by atoms with Gasteiger partial charge in [-0.15, -0.1) is 0 Å². The Hall–Kier alpha value is -3.84. The molecule has 4 aromatic carbocycles. The van der Waals surface area contributed by atoms with E-state index in [-0.39, 0.29) is 0 Å². The molecule has 2 aliphatic rings. The maximum absolute atomic E-state index is 2.39. The zero-order valence-electron chi connectivity index (χ0n) is 17.0. The summed E-state index contributed by atoms with van der Waals surface area (Å²) in [7, 11) is 0. The summed E-state index contributed by atoms with van der Waals surface area (Å²) >= 11 is 0. The first kappa shape index (κ1) is 15.9. The molecular formula is C30H19N. The molecule has 0 N–H and O–H groups in total. The first-order chi connectivity index (χ1) is 15.4. The van der Waals surface area contributed by atoms with Gasteiger partial charge in [-0.2, -0.15) is 0 Å². The minimum absolute atomic E-state index is 1.03. The SMILES string of the molecule is c1ccc2c(c1)Cc1ccc3c(c1-2)Cc1ccc2c4ccccc4n4cccc4c2c1-3. The zero-order valence-corrected chi connectivity index (χ0v) is 17.0. The lowest BCUT2D eigenvalue weighted by Crippen LogP contribution is -1.92. The van der Waals surface area contributed by atoms with E-state index in [1.165, 1.54) is 71.7 Å². The minimum Gasteiger partial charge on any atom is -0.316 e. The van der Waals surface area contributed by atoms with Crippen molar-refractivity contribution in [1.82, 2.24) is 4.40 Å². The van der Waals surface area contributed by atoms with Crippen molar-refractivity contribution in [2.24, 2.45) is 0 Å². The molecule has 0 bridgehead atoms. The Kier molecular flexibility index (Phi) is 2.80. The number of para-hydroxylation sites is 1. The monoisotopic (exact) mass is 393 g/mol. The molecule has 0 saturated carbocycles. The van der Waals surface area contributed by atoms with Crippen LogP contribution in [0.1, 0.15) is 22.3 Å². The maximum atomic E-state index is 2.39. The number of pyridine rings is 1. The molecule has 0 fully saturated rings. The number of nitrogens with zero attached hydrogens (tertiary/aromatic N) is 1. The van der Waals surface area contributed by atoms with E-state index in [9.17, 15) is 0 Å². The summed E-state index contributed by atoms with van der Waals surface area (Å²) in [4.78, 5) is 0. The molecule has 2 aliphatic carbocycles. The lowest BCUT2D eigenvalue weighted by Gasteiger charge is -2.14. The number of rotatable bonds is 0. The van der Waals surface area contributed by atoms with E-state index in [1.807, 2.05) is 0 Å². The average molecular weight is 393 g/mol. The summed E-state index contributed by atoms with van der Waals surface area (Å²) in [6.45, 7) is 0. The predicted octanol–water partition coefficient (Wildman–Crippen LogP) is 7.39. The molecule has 0 amide bonds. The van der Waals surface area contributed by atoms with Gasteiger partial charge in [-0.25, -0.2) is 0 Å². The van der Waals surface area contributed by atoms with E-state index >= 15 is 0 Å². The molecule has 0 unspecified atom stereocenters. The minimum atomic E-state index is 1.03. The molecular weight excluding hydrogens is 374 g/mol. The highest BCUT2D eigenvalue weighted by Crippen LogP contribution is 2.50. The second-order valence-electron chi connectivity index (χ2n) is 8.94. The molecule has 2 aromatic heterocycles. The molecule has 0 spiro atoms. The summed E-state index contributed by atoms with van der Waals surface area (Å²) in [5.74, 6) is 0. The standard InChI is InChI=1S/C30H19N/c1-2-7-21-18(6-1)16-19-11-14-24-25(28(19)21)17-20-12-13-23-22-8-3-4-9-26(22)31-15-5-10-27(31)30(23)29(20)24/h1-15H,16-17H2. The number of hydrogen-bond acceptors (Lipinski definition) is 0. The van der Waals surface area contributed by atoms with Gasteiger partial charge >= 0.3 is 0 Å². The second-order valence-corrected chi connectivity index (χ2v) is 8.94. The van der Waals surface area contributed by atoms with Gasteiger partial charge in [-0.3, -0.25) is 0 Å². The van der Waals surface area contributed by atoms with E-state index in [1.54, 1.807) is 0 Å². The van der Waals surface area contributed by atoms with Crippen molar-refractivity contribution in [3.8, 4) is 22.3 Å². The van der Waals surface area contributed by atoms with Crippen molar-refractivity contribution < 1.29 is 0 Å². The summed E-state index contributed by atoms with van der Waals surface area (Å²) in [5.41, 5.74) is 14.3. The van der Waals surface area contributed by atoms with Crippen LogP contribution >= 0.6 is 0 Å². The van der Waals surface area contributed by atoms with Crippen molar-refractivity contribution in [2.75, 3.05) is 0 Å². The van der Waals surface area contributed by atoms with E-state index < -0.39 is 0 Å². The van der Waals surface area contributed by atoms with Gasteiger partial charge < -0.3 is 4.40 Å². The highest BCUT2D eigenvalue weighted by atomic mass is 14.9. The summed E-state index contributed by atoms with van der Waals surface area (Å²) < 4.78 is 2.36. The fraction of sp³-hybridized carbons (Fsp3) is 0.0667. The Balaban J connectivity index is 1.54. The van der Waals surface area contributed by atoms with Crippen molar-refractivity contribution in [3.05, 3.63) is 113 Å². The summed E-state index contributed by atoms with van der Waals surface area (Å²) in [6, 6.07) is 31.7. The van der Waals surface area contributed by atoms with E-state index in [4.69, 9.17) is 0 Å². The van der Waals surface area contributed by atoms with Crippen molar-refractivity contribution in [3.63, 3.8) is 0 Å². The van der Waals surface area contributed by atoms with Crippen LogP contribution in [0.3, 0.4) is 0 Å². The van der Waals surface area contributed by atoms with Crippen LogP contribution in [0, 0.1) is 0 Å². The Morgan fingerprint density at radius 3 is 2.32 bits per heavy atom. The van der Waals surface area contributed by atoms with Crippen molar-refractivity contribution >= 4 is 27.2 Å². The quantitative estimate of drug-likeness (QED) is 0.237. The predicted molar refractivity (Wildman–Crippen MR) is 129 cm³/mol. The fourth-order valence-electron chi connectivity index (χ4n) is 6.21. The van der Waals surface area contributed by atoms with Crippen LogP contribution in [0.4, 0.5) is 0 Å². The summed E-state index contributed by atoms with van der Waals surface area (Å²) in [5, 5.41) is 4.07. The lowest BCUT2D eigenvalue weighted by molar-refractivity contribution is 1.23. The Morgan fingerprint density at radius 1 is 0.516 bits per heavy atom. The van der Waals surface area contributed by atoms with Gasteiger partial charge in [0, 0.05) is 17.0 Å². The third-order valence-corrected chi connectivity index (χ3v) is 7.45. The highest BCUT2D eigenvalue weighted by Gasteiger charge is 2.29. The van der Waals surface area contributed by atoms with Gasteiger partial charge in [0.05, 0.1) is 11.0 Å². The number of hydrogen-bond donors (Lipinski definition) is 0. The topological polar surface area (TPSA) is 4.41 Å². The van der Waals surface area contributed by atoms with Crippen molar-refractivity contribution in [1.29, 1.82) is 0 Å². The molecule has 8 rings (SSSR count). The molecule has 1 nitrogen and oxygen atoms in total. The van der Waals surface area contributed by atoms with Crippen LogP contribution in [0.2, 0.25) is 0 Å². The Morgan fingerprint density at radius 2 is 1.32 bits per heavy atom. The van der Waals surface area contributed by atoms with Crippen LogP contribution in [0.25, 0.3) is 49.4 Å². The third kappa shape index (κ3) is 1.88. The lowest BCUT2D eigenvalue weighted by atomic mass is 9.93. The van der Waals surface area contributed by atoms with Crippen LogP contribution < -0.4 is 0 Å². The highest BCUT2D eigenvalue weighted by molar-refractivity contribution is 6.19. The molecule has 1 heteroatoms. The number of aromatic nitrogens is 1. The van der Waals surface area contributed by atoms with Gasteiger partial charge in [-0.1, -0.05) is 66.7 Å². The number of fused-ring (bicyclic) bond motifs is 14. The molecule has 6 aromatic rings. The fourth-order valence-corrected chi connectivity index (χ4v) is 6.21. The molecule has 0 radical (unpaired) electrons. The largest absolute Gasteiger partial charge is 0.316 e. The Bertz CT molecular complexity index is 1730. The van der Waals surface area contributed by atoms with Gasteiger partial charge in [0.25, 0.3) is 0 Å². The van der Waals surface area contributed by atoms with Gasteiger partial charge in [0.1, 0.15) is 0 Å². The van der Waals surface area contributed by atoms with E-state index in [0.717, 1.165) is 12.8 Å². The molecule has 0 atom stereocenters. The maximum Gasteiger partial charge on any atom is 0.0541 e. The smallest absolute Gasteiger partial charge is 0.0541 e. The molecule has 0 aliphatic heterocycles. The van der Waals surface area contributed by atoms with Gasteiger partial charge in [-0.05, 0) is 80.9 Å². The van der Waals surface area contributed by atoms with E-state index in [2.05, 4.69) is 95.5 Å². The van der Waals surface area contributed by atoms with E-state index in [0.29, 0.717) is 0 Å². The summed E-state index contributed by atoms with van der Waals surface area (Å²) in [6.07, 6.45) is 4.28. The number of benzene rings is 4. The van der Waals surface area contributed by atoms with Gasteiger partial charge in [0.15, 0.2) is 0 Å². The van der Waals surface area contributed by atoms with Crippen LogP contribution in [-0.4, -0.2) is 4.40 Å². The Labute approximate surface area is 180 Å². The van der Waals surface area contributed by atoms with Crippen molar-refractivity contribution in [2.45, 2.75) is 12.8 Å². The van der Waals surface area contributed by atoms with Crippen LogP contribution in [-0.2, 0) is 12.8 Å². The molecule has 144 valence electrons. The first-order valence-corrected chi connectivity index (χ1v) is 11.1. The van der Waals surface area contributed by atoms with Crippen LogP contribution in [0.15, 0.2) is 91.1 Å². The average Bonchev–Trinajstić information content (AvgIpc) is 3.53. The first-order valence-electron chi connectivity index (χ1n) is 11.1. The zero-order chi connectivity index (χ0) is 20.1. The third-order valence-electron chi connectivity index (χ3n) is 7.45. The van der Waals surface area contributed by atoms with Crippen LogP contribution in [0.5, 0.6) is 0 Å². The normalized spacial score (nSPS) is 13.5. The molecule has 2 heterocycles. The second kappa shape index (κ2) is 5.44. The molecule has 31 heavy (non-hydrogen) atoms.